The Balaban J connectivity index is 2.00. The van der Waals surface area contributed by atoms with E-state index in [-0.39, 0.29) is 17.0 Å². The zero-order valence-corrected chi connectivity index (χ0v) is 11.3. The van der Waals surface area contributed by atoms with E-state index in [1.54, 1.807) is 18.5 Å². The highest BCUT2D eigenvalue weighted by Crippen LogP contribution is 2.23. The second kappa shape index (κ2) is 4.70. The lowest BCUT2D eigenvalue weighted by molar-refractivity contribution is 0.335. The average molecular weight is 289 g/mol. The lowest BCUT2D eigenvalue weighted by Crippen LogP contribution is -2.38. The minimum atomic E-state index is -3.70. The van der Waals surface area contributed by atoms with Crippen LogP contribution in [-0.4, -0.2) is 34.0 Å². The van der Waals surface area contributed by atoms with Crippen molar-refractivity contribution in [3.63, 3.8) is 0 Å². The van der Waals surface area contributed by atoms with E-state index in [9.17, 15) is 8.42 Å². The molecule has 1 aliphatic heterocycles. The normalized spacial score (nSPS) is 15.6. The maximum atomic E-state index is 12.6. The summed E-state index contributed by atoms with van der Waals surface area (Å²) in [6.07, 6.45) is 1.59. The number of hydrogen-bond acceptors (Lipinski definition) is 5. The standard InChI is InChI=1S/C12H11N5O2S/c13-7-10-3-1-2-4-11(10)20(18,19)17-6-5-16-9-14-15-12(16)8-17/h1-4,9H,5-6,8H2. The van der Waals surface area contributed by atoms with Gasteiger partial charge in [-0.15, -0.1) is 10.2 Å². The van der Waals surface area contributed by atoms with Crippen LogP contribution >= 0.6 is 0 Å². The Morgan fingerprint density at radius 1 is 1.25 bits per heavy atom. The summed E-state index contributed by atoms with van der Waals surface area (Å²) in [5, 5.41) is 16.7. The van der Waals surface area contributed by atoms with E-state index in [0.717, 1.165) is 0 Å². The minimum Gasteiger partial charge on any atom is -0.315 e. The molecule has 0 saturated carbocycles. The number of fused-ring (bicyclic) bond motifs is 1. The maximum Gasteiger partial charge on any atom is 0.244 e. The van der Waals surface area contributed by atoms with Gasteiger partial charge >= 0.3 is 0 Å². The van der Waals surface area contributed by atoms with Crippen molar-refractivity contribution in [1.82, 2.24) is 19.1 Å². The Labute approximate surface area is 116 Å². The van der Waals surface area contributed by atoms with Gasteiger partial charge < -0.3 is 4.57 Å². The monoisotopic (exact) mass is 289 g/mol. The van der Waals surface area contributed by atoms with Crippen LogP contribution in [0.1, 0.15) is 11.4 Å². The molecule has 0 radical (unpaired) electrons. The lowest BCUT2D eigenvalue weighted by Gasteiger charge is -2.26. The summed E-state index contributed by atoms with van der Waals surface area (Å²) in [6, 6.07) is 8.12. The second-order valence-corrected chi connectivity index (χ2v) is 6.29. The Kier molecular flexibility index (Phi) is 3.00. The van der Waals surface area contributed by atoms with E-state index in [2.05, 4.69) is 10.2 Å². The van der Waals surface area contributed by atoms with Crippen LogP contribution in [-0.2, 0) is 23.1 Å². The molecule has 0 amide bonds. The summed E-state index contributed by atoms with van der Waals surface area (Å²) in [7, 11) is -3.70. The van der Waals surface area contributed by atoms with E-state index in [1.165, 1.54) is 16.4 Å². The molecule has 0 fully saturated rings. The summed E-state index contributed by atoms with van der Waals surface area (Å²) >= 11 is 0. The minimum absolute atomic E-state index is 0.0375. The van der Waals surface area contributed by atoms with E-state index in [4.69, 9.17) is 5.26 Å². The van der Waals surface area contributed by atoms with Gasteiger partial charge in [0.25, 0.3) is 0 Å². The van der Waals surface area contributed by atoms with Crippen molar-refractivity contribution in [3.8, 4) is 6.07 Å². The molecule has 1 aliphatic rings. The highest BCUT2D eigenvalue weighted by atomic mass is 32.2. The van der Waals surface area contributed by atoms with E-state index in [1.807, 2.05) is 10.6 Å². The molecule has 2 aromatic rings. The van der Waals surface area contributed by atoms with Crippen molar-refractivity contribution in [3.05, 3.63) is 42.0 Å². The van der Waals surface area contributed by atoms with Crippen molar-refractivity contribution in [1.29, 1.82) is 5.26 Å². The van der Waals surface area contributed by atoms with Crippen LogP contribution in [0.25, 0.3) is 0 Å². The van der Waals surface area contributed by atoms with Crippen LogP contribution in [0.4, 0.5) is 0 Å². The van der Waals surface area contributed by atoms with Gasteiger partial charge in [0, 0.05) is 13.1 Å². The molecule has 0 unspecified atom stereocenters. The summed E-state index contributed by atoms with van der Waals surface area (Å²) in [5.41, 5.74) is 0.152. The maximum absolute atomic E-state index is 12.6. The summed E-state index contributed by atoms with van der Waals surface area (Å²) in [4.78, 5) is 0.0375. The molecule has 1 aromatic heterocycles. The number of nitriles is 1. The molecule has 0 N–H and O–H groups in total. The predicted octanol–water partition coefficient (Wildman–Crippen LogP) is 0.354. The predicted molar refractivity (Wildman–Crippen MR) is 68.8 cm³/mol. The fraction of sp³-hybridized carbons (Fsp3) is 0.250. The second-order valence-electron chi connectivity index (χ2n) is 4.39. The first-order valence-corrected chi connectivity index (χ1v) is 7.43. The molecule has 0 spiro atoms. The van der Waals surface area contributed by atoms with Gasteiger partial charge in [-0.3, -0.25) is 0 Å². The highest BCUT2D eigenvalue weighted by Gasteiger charge is 2.30. The van der Waals surface area contributed by atoms with E-state index in [0.29, 0.717) is 18.9 Å². The van der Waals surface area contributed by atoms with E-state index < -0.39 is 10.0 Å². The number of rotatable bonds is 2. The first kappa shape index (κ1) is 12.8. The number of hydrogen-bond donors (Lipinski definition) is 0. The van der Waals surface area contributed by atoms with Gasteiger partial charge in [0.2, 0.25) is 10.0 Å². The quantitative estimate of drug-likeness (QED) is 0.795. The van der Waals surface area contributed by atoms with Crippen LogP contribution in [0, 0.1) is 11.3 Å². The summed E-state index contributed by atoms with van der Waals surface area (Å²) in [6.45, 7) is 1.02. The fourth-order valence-corrected chi connectivity index (χ4v) is 3.70. The largest absolute Gasteiger partial charge is 0.315 e. The van der Waals surface area contributed by atoms with Crippen LogP contribution in [0.15, 0.2) is 35.5 Å². The zero-order chi connectivity index (χ0) is 14.2. The lowest BCUT2D eigenvalue weighted by atomic mass is 10.2. The average Bonchev–Trinajstić information content (AvgIpc) is 2.94. The molecule has 7 nitrogen and oxygen atoms in total. The van der Waals surface area contributed by atoms with Gasteiger partial charge in [0.05, 0.1) is 17.0 Å². The van der Waals surface area contributed by atoms with Gasteiger partial charge in [-0.1, -0.05) is 12.1 Å². The Hall–Kier alpha value is -2.24. The fourth-order valence-electron chi connectivity index (χ4n) is 2.17. The van der Waals surface area contributed by atoms with Crippen LogP contribution in [0.3, 0.4) is 0 Å². The van der Waals surface area contributed by atoms with Gasteiger partial charge in [0.1, 0.15) is 18.2 Å². The van der Waals surface area contributed by atoms with Crippen LogP contribution in [0.5, 0.6) is 0 Å². The van der Waals surface area contributed by atoms with Crippen molar-refractivity contribution < 1.29 is 8.42 Å². The van der Waals surface area contributed by atoms with Gasteiger partial charge in [-0.2, -0.15) is 9.57 Å². The first-order chi connectivity index (χ1) is 9.63. The number of aromatic nitrogens is 3. The SMILES string of the molecule is N#Cc1ccccc1S(=O)(=O)N1CCn2cnnc2C1. The molecule has 0 atom stereocenters. The third-order valence-electron chi connectivity index (χ3n) is 3.23. The molecule has 0 saturated heterocycles. The Morgan fingerprint density at radius 3 is 2.85 bits per heavy atom. The number of benzene rings is 1. The van der Waals surface area contributed by atoms with Crippen LogP contribution in [0.2, 0.25) is 0 Å². The third-order valence-corrected chi connectivity index (χ3v) is 5.13. The summed E-state index contributed by atoms with van der Waals surface area (Å²) < 4.78 is 28.4. The first-order valence-electron chi connectivity index (χ1n) is 5.99. The topological polar surface area (TPSA) is 91.9 Å². The van der Waals surface area contributed by atoms with Crippen LogP contribution < -0.4 is 0 Å². The molecule has 3 rings (SSSR count). The molecular weight excluding hydrogens is 278 g/mol. The Bertz CT molecular complexity index is 790. The van der Waals surface area contributed by atoms with Crippen molar-refractivity contribution >= 4 is 10.0 Å². The van der Waals surface area contributed by atoms with Gasteiger partial charge in [0.15, 0.2) is 0 Å². The molecule has 1 aromatic carbocycles. The molecular formula is C12H11N5O2S. The highest BCUT2D eigenvalue weighted by molar-refractivity contribution is 7.89. The Morgan fingerprint density at radius 2 is 2.05 bits per heavy atom. The molecule has 20 heavy (non-hydrogen) atoms. The smallest absolute Gasteiger partial charge is 0.244 e. The van der Waals surface area contributed by atoms with Crippen molar-refractivity contribution in [2.75, 3.05) is 6.54 Å². The molecule has 0 aliphatic carbocycles. The molecule has 8 heteroatoms. The van der Waals surface area contributed by atoms with Crippen molar-refractivity contribution in [2.24, 2.45) is 0 Å². The zero-order valence-electron chi connectivity index (χ0n) is 10.5. The van der Waals surface area contributed by atoms with Crippen molar-refractivity contribution in [2.45, 2.75) is 18.0 Å². The van der Waals surface area contributed by atoms with Gasteiger partial charge in [-0.25, -0.2) is 8.42 Å². The summed E-state index contributed by atoms with van der Waals surface area (Å²) in [5.74, 6) is 0.606. The van der Waals surface area contributed by atoms with E-state index >= 15 is 0 Å². The number of sulfonamides is 1. The number of nitrogens with zero attached hydrogens (tertiary/aromatic N) is 5. The third kappa shape index (κ3) is 1.97. The molecule has 0 bridgehead atoms. The van der Waals surface area contributed by atoms with Gasteiger partial charge in [-0.05, 0) is 12.1 Å². The molecule has 2 heterocycles. The molecule has 102 valence electrons.